The molecule has 0 amide bonds. The summed E-state index contributed by atoms with van der Waals surface area (Å²) >= 11 is 0. The number of halogens is 1. The van der Waals surface area contributed by atoms with Crippen LogP contribution >= 0.6 is 0 Å². The summed E-state index contributed by atoms with van der Waals surface area (Å²) in [7, 11) is 0. The summed E-state index contributed by atoms with van der Waals surface area (Å²) in [5, 5.41) is 12.9. The largest absolute Gasteiger partial charge is 0.392 e. The molecular formula is C15H22FNO. The van der Waals surface area contributed by atoms with Crippen LogP contribution < -0.4 is 5.32 Å². The highest BCUT2D eigenvalue weighted by Crippen LogP contribution is 2.06. The first-order chi connectivity index (χ1) is 8.63. The summed E-state index contributed by atoms with van der Waals surface area (Å²) in [6, 6.07) is 6.36. The molecule has 0 spiro atoms. The monoisotopic (exact) mass is 251 g/mol. The number of hydrogen-bond acceptors (Lipinski definition) is 2. The number of aliphatic hydroxyl groups is 1. The number of rotatable bonds is 7. The Bertz CT molecular complexity index is 361. The fraction of sp³-hybridized carbons (Fsp3) is 0.467. The summed E-state index contributed by atoms with van der Waals surface area (Å²) in [6.45, 7) is 5.41. The van der Waals surface area contributed by atoms with Crippen molar-refractivity contribution in [1.82, 2.24) is 5.32 Å². The third kappa shape index (κ3) is 5.43. The van der Waals surface area contributed by atoms with Gasteiger partial charge in [0.2, 0.25) is 0 Å². The van der Waals surface area contributed by atoms with E-state index in [1.807, 2.05) is 19.1 Å². The van der Waals surface area contributed by atoms with E-state index in [1.54, 1.807) is 12.1 Å². The van der Waals surface area contributed by atoms with E-state index in [4.69, 9.17) is 0 Å². The zero-order valence-electron chi connectivity index (χ0n) is 11.1. The summed E-state index contributed by atoms with van der Waals surface area (Å²) in [5.74, 6) is 0.0977. The lowest BCUT2D eigenvalue weighted by Gasteiger charge is -2.16. The topological polar surface area (TPSA) is 32.3 Å². The third-order valence-electron chi connectivity index (χ3n) is 3.10. The van der Waals surface area contributed by atoms with Gasteiger partial charge in [-0.2, -0.15) is 0 Å². The SMILES string of the molecule is CCC(C)C(O)CNC/C=C/c1ccc(F)cc1. The van der Waals surface area contributed by atoms with E-state index in [9.17, 15) is 9.50 Å². The highest BCUT2D eigenvalue weighted by molar-refractivity contribution is 5.48. The molecule has 2 unspecified atom stereocenters. The molecule has 18 heavy (non-hydrogen) atoms. The fourth-order valence-corrected chi connectivity index (χ4v) is 1.56. The second-order valence-electron chi connectivity index (χ2n) is 4.57. The molecule has 0 radical (unpaired) electrons. The van der Waals surface area contributed by atoms with Crippen LogP contribution in [0.1, 0.15) is 25.8 Å². The molecule has 2 atom stereocenters. The van der Waals surface area contributed by atoms with Crippen molar-refractivity contribution in [2.45, 2.75) is 26.4 Å². The van der Waals surface area contributed by atoms with E-state index in [-0.39, 0.29) is 11.9 Å². The lowest BCUT2D eigenvalue weighted by Crippen LogP contribution is -2.31. The van der Waals surface area contributed by atoms with Crippen LogP contribution in [0.3, 0.4) is 0 Å². The zero-order valence-corrected chi connectivity index (χ0v) is 11.1. The average molecular weight is 251 g/mol. The van der Waals surface area contributed by atoms with Crippen LogP contribution in [0.15, 0.2) is 30.3 Å². The molecule has 0 fully saturated rings. The van der Waals surface area contributed by atoms with Gasteiger partial charge in [-0.3, -0.25) is 0 Å². The van der Waals surface area contributed by atoms with Crippen molar-refractivity contribution in [3.05, 3.63) is 41.7 Å². The van der Waals surface area contributed by atoms with Gasteiger partial charge in [0.1, 0.15) is 5.82 Å². The van der Waals surface area contributed by atoms with E-state index >= 15 is 0 Å². The van der Waals surface area contributed by atoms with Crippen LogP contribution in [0.2, 0.25) is 0 Å². The number of hydrogen-bond donors (Lipinski definition) is 2. The van der Waals surface area contributed by atoms with Crippen LogP contribution in [0.25, 0.3) is 6.08 Å². The first-order valence-electron chi connectivity index (χ1n) is 6.44. The Balaban J connectivity index is 2.23. The van der Waals surface area contributed by atoms with Gasteiger partial charge in [-0.05, 0) is 23.6 Å². The molecule has 0 aliphatic heterocycles. The van der Waals surface area contributed by atoms with Gasteiger partial charge >= 0.3 is 0 Å². The minimum Gasteiger partial charge on any atom is -0.392 e. The predicted octanol–water partition coefficient (Wildman–Crippen LogP) is 2.84. The maximum Gasteiger partial charge on any atom is 0.123 e. The lowest BCUT2D eigenvalue weighted by molar-refractivity contribution is 0.114. The molecule has 0 heterocycles. The molecule has 1 aromatic rings. The molecular weight excluding hydrogens is 229 g/mol. The predicted molar refractivity (Wildman–Crippen MR) is 73.8 cm³/mol. The van der Waals surface area contributed by atoms with E-state index < -0.39 is 0 Å². The molecule has 0 saturated carbocycles. The summed E-state index contributed by atoms with van der Waals surface area (Å²) < 4.78 is 12.7. The minimum atomic E-state index is -0.297. The Morgan fingerprint density at radius 1 is 1.33 bits per heavy atom. The van der Waals surface area contributed by atoms with Gasteiger partial charge in [0.15, 0.2) is 0 Å². The molecule has 0 aliphatic carbocycles. The third-order valence-corrected chi connectivity index (χ3v) is 3.10. The average Bonchev–Trinajstić information content (AvgIpc) is 2.39. The van der Waals surface area contributed by atoms with Gasteiger partial charge in [-0.1, -0.05) is 44.6 Å². The maximum absolute atomic E-state index is 12.7. The Labute approximate surface area is 109 Å². The van der Waals surface area contributed by atoms with Crippen LogP contribution in [-0.2, 0) is 0 Å². The summed E-state index contributed by atoms with van der Waals surface area (Å²) in [4.78, 5) is 0. The standard InChI is InChI=1S/C15H22FNO/c1-3-12(2)15(18)11-17-10-4-5-13-6-8-14(16)9-7-13/h4-9,12,15,17-18H,3,10-11H2,1-2H3/b5-4+. The Hall–Kier alpha value is -1.19. The van der Waals surface area contributed by atoms with Crippen molar-refractivity contribution in [3.63, 3.8) is 0 Å². The molecule has 1 rings (SSSR count). The molecule has 2 N–H and O–H groups in total. The van der Waals surface area contributed by atoms with Gasteiger partial charge < -0.3 is 10.4 Å². The molecule has 3 heteroatoms. The molecule has 0 bridgehead atoms. The molecule has 0 aromatic heterocycles. The quantitative estimate of drug-likeness (QED) is 0.730. The molecule has 0 saturated heterocycles. The van der Waals surface area contributed by atoms with Gasteiger partial charge in [0, 0.05) is 13.1 Å². The smallest absolute Gasteiger partial charge is 0.123 e. The van der Waals surface area contributed by atoms with E-state index in [2.05, 4.69) is 12.2 Å². The van der Waals surface area contributed by atoms with Crippen LogP contribution in [0.4, 0.5) is 4.39 Å². The highest BCUT2D eigenvalue weighted by Gasteiger charge is 2.10. The fourth-order valence-electron chi connectivity index (χ4n) is 1.56. The highest BCUT2D eigenvalue weighted by atomic mass is 19.1. The van der Waals surface area contributed by atoms with Gasteiger partial charge in [-0.25, -0.2) is 4.39 Å². The first-order valence-corrected chi connectivity index (χ1v) is 6.44. The zero-order chi connectivity index (χ0) is 13.4. The summed E-state index contributed by atoms with van der Waals surface area (Å²) in [6.07, 6.45) is 4.58. The Morgan fingerprint density at radius 3 is 2.61 bits per heavy atom. The second-order valence-corrected chi connectivity index (χ2v) is 4.57. The number of aliphatic hydroxyl groups excluding tert-OH is 1. The molecule has 0 aliphatic rings. The van der Waals surface area contributed by atoms with Crippen molar-refractivity contribution < 1.29 is 9.50 Å². The molecule has 2 nitrogen and oxygen atoms in total. The van der Waals surface area contributed by atoms with Crippen molar-refractivity contribution in [1.29, 1.82) is 0 Å². The van der Waals surface area contributed by atoms with Crippen molar-refractivity contribution in [2.24, 2.45) is 5.92 Å². The van der Waals surface area contributed by atoms with Crippen molar-refractivity contribution >= 4 is 6.08 Å². The summed E-state index contributed by atoms with van der Waals surface area (Å²) in [5.41, 5.74) is 0.973. The van der Waals surface area contributed by atoms with Crippen LogP contribution in [-0.4, -0.2) is 24.3 Å². The number of nitrogens with one attached hydrogen (secondary N) is 1. The minimum absolute atomic E-state index is 0.220. The van der Waals surface area contributed by atoms with Crippen molar-refractivity contribution in [2.75, 3.05) is 13.1 Å². The van der Waals surface area contributed by atoms with Crippen LogP contribution in [0, 0.1) is 11.7 Å². The molecule has 1 aromatic carbocycles. The first kappa shape index (κ1) is 14.9. The Kier molecular flexibility index (Phi) is 6.61. The number of benzene rings is 1. The molecule has 100 valence electrons. The van der Waals surface area contributed by atoms with Gasteiger partial charge in [0.25, 0.3) is 0 Å². The second kappa shape index (κ2) is 8.01. The lowest BCUT2D eigenvalue weighted by atomic mass is 10.0. The van der Waals surface area contributed by atoms with E-state index in [0.717, 1.165) is 12.0 Å². The Morgan fingerprint density at radius 2 is 2.00 bits per heavy atom. The maximum atomic E-state index is 12.7. The van der Waals surface area contributed by atoms with E-state index in [0.29, 0.717) is 19.0 Å². The van der Waals surface area contributed by atoms with Gasteiger partial charge in [0.05, 0.1) is 6.10 Å². The van der Waals surface area contributed by atoms with Gasteiger partial charge in [-0.15, -0.1) is 0 Å². The normalized spacial score (nSPS) is 14.9. The van der Waals surface area contributed by atoms with Crippen molar-refractivity contribution in [3.8, 4) is 0 Å². The van der Waals surface area contributed by atoms with E-state index in [1.165, 1.54) is 12.1 Å². The van der Waals surface area contributed by atoms with Crippen LogP contribution in [0.5, 0.6) is 0 Å².